The number of furan rings is 1. The number of carboxylic acid groups (broad SMARTS) is 1. The van der Waals surface area contributed by atoms with Crippen LogP contribution in [0.4, 0.5) is 0 Å². The molecule has 0 aliphatic carbocycles. The fraction of sp³-hybridized carbons (Fsp3) is 0.462. The van der Waals surface area contributed by atoms with E-state index in [1.807, 2.05) is 13.8 Å². The Morgan fingerprint density at radius 3 is 2.55 bits per heavy atom. The zero-order valence-corrected chi connectivity index (χ0v) is 11.3. The Morgan fingerprint density at radius 1 is 1.30 bits per heavy atom. The summed E-state index contributed by atoms with van der Waals surface area (Å²) in [6, 6.07) is 2.81. The van der Waals surface area contributed by atoms with Gasteiger partial charge in [0.1, 0.15) is 5.76 Å². The molecule has 1 N–H and O–H groups in total. The quantitative estimate of drug-likeness (QED) is 0.814. The lowest BCUT2D eigenvalue weighted by Gasteiger charge is -2.35. The van der Waals surface area contributed by atoms with Crippen LogP contribution in [0.1, 0.15) is 30.2 Å². The van der Waals surface area contributed by atoms with Crippen molar-refractivity contribution in [1.82, 2.24) is 9.80 Å². The molecule has 0 unspecified atom stereocenters. The van der Waals surface area contributed by atoms with Crippen molar-refractivity contribution in [2.75, 3.05) is 13.1 Å². The smallest absolute Gasteiger partial charge is 0.371 e. The normalized spacial score (nSPS) is 16.1. The summed E-state index contributed by atoms with van der Waals surface area (Å²) in [5.41, 5.74) is 0. The Kier molecular flexibility index (Phi) is 3.78. The molecule has 7 heteroatoms. The van der Waals surface area contributed by atoms with Gasteiger partial charge in [0.05, 0.1) is 6.54 Å². The summed E-state index contributed by atoms with van der Waals surface area (Å²) in [4.78, 5) is 37.4. The maximum Gasteiger partial charge on any atom is 0.371 e. The minimum Gasteiger partial charge on any atom is -0.475 e. The highest BCUT2D eigenvalue weighted by Gasteiger charge is 2.34. The van der Waals surface area contributed by atoms with Crippen LogP contribution in [-0.4, -0.2) is 51.8 Å². The van der Waals surface area contributed by atoms with E-state index in [1.54, 1.807) is 0 Å². The molecule has 2 rings (SSSR count). The van der Waals surface area contributed by atoms with Gasteiger partial charge in [0.25, 0.3) is 0 Å². The summed E-state index contributed by atoms with van der Waals surface area (Å²) in [7, 11) is 0. The van der Waals surface area contributed by atoms with E-state index >= 15 is 0 Å². The second kappa shape index (κ2) is 5.36. The van der Waals surface area contributed by atoms with Gasteiger partial charge < -0.3 is 19.3 Å². The predicted molar refractivity (Wildman–Crippen MR) is 67.9 cm³/mol. The van der Waals surface area contributed by atoms with Crippen LogP contribution < -0.4 is 0 Å². The number of rotatable bonds is 4. The first-order valence-electron chi connectivity index (χ1n) is 6.32. The van der Waals surface area contributed by atoms with Gasteiger partial charge in [0.2, 0.25) is 5.76 Å². The van der Waals surface area contributed by atoms with Crippen molar-refractivity contribution in [2.24, 2.45) is 0 Å². The van der Waals surface area contributed by atoms with Gasteiger partial charge in [-0.1, -0.05) is 0 Å². The molecule has 1 aromatic heterocycles. The fourth-order valence-corrected chi connectivity index (χ4v) is 2.10. The third kappa shape index (κ3) is 2.66. The number of aromatic carboxylic acids is 1. The molecule has 2 amide bonds. The number of hydrogen-bond donors (Lipinski definition) is 1. The van der Waals surface area contributed by atoms with Crippen molar-refractivity contribution in [2.45, 2.75) is 26.4 Å². The summed E-state index contributed by atoms with van der Waals surface area (Å²) in [6.07, 6.45) is 0. The maximum atomic E-state index is 12.0. The van der Waals surface area contributed by atoms with Crippen molar-refractivity contribution < 1.29 is 23.9 Å². The third-order valence-corrected chi connectivity index (χ3v) is 3.18. The molecule has 2 heterocycles. The Labute approximate surface area is 115 Å². The van der Waals surface area contributed by atoms with E-state index in [9.17, 15) is 14.4 Å². The molecule has 1 aliphatic rings. The van der Waals surface area contributed by atoms with Gasteiger partial charge >= 0.3 is 17.8 Å². The van der Waals surface area contributed by atoms with Crippen LogP contribution in [0.15, 0.2) is 16.5 Å². The minimum atomic E-state index is -1.16. The molecule has 0 aromatic carbocycles. The molecule has 0 atom stereocenters. The van der Waals surface area contributed by atoms with Crippen LogP contribution in [0.2, 0.25) is 0 Å². The van der Waals surface area contributed by atoms with Gasteiger partial charge in [0, 0.05) is 19.1 Å². The lowest BCUT2D eigenvalue weighted by atomic mass is 10.2. The molecule has 1 aromatic rings. The Balaban J connectivity index is 2.05. The van der Waals surface area contributed by atoms with Crippen molar-refractivity contribution in [1.29, 1.82) is 0 Å². The zero-order valence-electron chi connectivity index (χ0n) is 11.3. The Hall–Kier alpha value is -2.31. The number of hydrogen-bond acceptors (Lipinski definition) is 4. The van der Waals surface area contributed by atoms with Crippen LogP contribution in [0.5, 0.6) is 0 Å². The van der Waals surface area contributed by atoms with Gasteiger partial charge in [-0.05, 0) is 26.0 Å². The molecule has 1 fully saturated rings. The molecular weight excluding hydrogens is 264 g/mol. The average molecular weight is 280 g/mol. The summed E-state index contributed by atoms with van der Waals surface area (Å²) in [6.45, 7) is 4.68. The van der Waals surface area contributed by atoms with E-state index in [4.69, 9.17) is 9.52 Å². The van der Waals surface area contributed by atoms with Crippen LogP contribution in [0.3, 0.4) is 0 Å². The molecule has 20 heavy (non-hydrogen) atoms. The van der Waals surface area contributed by atoms with Crippen molar-refractivity contribution in [3.05, 3.63) is 23.7 Å². The molecular formula is C13H16N2O5. The maximum absolute atomic E-state index is 12.0. The van der Waals surface area contributed by atoms with E-state index in [-0.39, 0.29) is 18.3 Å². The first-order chi connectivity index (χ1) is 9.40. The van der Waals surface area contributed by atoms with Crippen molar-refractivity contribution in [3.8, 4) is 0 Å². The van der Waals surface area contributed by atoms with E-state index in [2.05, 4.69) is 0 Å². The summed E-state index contributed by atoms with van der Waals surface area (Å²) in [5, 5.41) is 8.76. The van der Waals surface area contributed by atoms with E-state index in [0.717, 1.165) is 0 Å². The standard InChI is InChI=1S/C13H16N2O5/c1-8(2)15-6-5-14(11(16)12(15)17)7-9-3-4-10(20-9)13(18)19/h3-4,8H,5-7H2,1-2H3,(H,18,19). The number of carbonyl (C=O) groups is 3. The van der Waals surface area contributed by atoms with Gasteiger partial charge in [-0.3, -0.25) is 9.59 Å². The van der Waals surface area contributed by atoms with Crippen LogP contribution >= 0.6 is 0 Å². The summed E-state index contributed by atoms with van der Waals surface area (Å²) < 4.78 is 5.09. The predicted octanol–water partition coefficient (Wildman–Crippen LogP) is 0.557. The van der Waals surface area contributed by atoms with Crippen LogP contribution in [0, 0.1) is 0 Å². The third-order valence-electron chi connectivity index (χ3n) is 3.18. The Morgan fingerprint density at radius 2 is 2.00 bits per heavy atom. The lowest BCUT2D eigenvalue weighted by Crippen LogP contribution is -2.55. The first kappa shape index (κ1) is 14.1. The number of piperazine rings is 1. The van der Waals surface area contributed by atoms with Gasteiger partial charge in [0.15, 0.2) is 0 Å². The molecule has 0 spiro atoms. The summed E-state index contributed by atoms with van der Waals surface area (Å²) >= 11 is 0. The van der Waals surface area contributed by atoms with E-state index < -0.39 is 17.8 Å². The largest absolute Gasteiger partial charge is 0.475 e. The Bertz CT molecular complexity index is 549. The molecule has 0 bridgehead atoms. The molecule has 1 aliphatic heterocycles. The minimum absolute atomic E-state index is 0.0178. The number of amides is 2. The number of carboxylic acids is 1. The molecule has 7 nitrogen and oxygen atoms in total. The van der Waals surface area contributed by atoms with Crippen molar-refractivity contribution in [3.63, 3.8) is 0 Å². The van der Waals surface area contributed by atoms with Crippen molar-refractivity contribution >= 4 is 17.8 Å². The fourth-order valence-electron chi connectivity index (χ4n) is 2.10. The van der Waals surface area contributed by atoms with Gasteiger partial charge in [-0.2, -0.15) is 0 Å². The molecule has 0 saturated carbocycles. The van der Waals surface area contributed by atoms with Crippen LogP contribution in [-0.2, 0) is 16.1 Å². The molecule has 108 valence electrons. The topological polar surface area (TPSA) is 91.1 Å². The number of carbonyl (C=O) groups excluding carboxylic acids is 2. The molecule has 0 radical (unpaired) electrons. The highest BCUT2D eigenvalue weighted by molar-refractivity contribution is 6.35. The van der Waals surface area contributed by atoms with E-state index in [0.29, 0.717) is 18.8 Å². The highest BCUT2D eigenvalue weighted by atomic mass is 16.4. The SMILES string of the molecule is CC(C)N1CCN(Cc2ccc(C(=O)O)o2)C(=O)C1=O. The zero-order chi connectivity index (χ0) is 14.9. The van der Waals surface area contributed by atoms with E-state index in [1.165, 1.54) is 21.9 Å². The van der Waals surface area contributed by atoms with Gasteiger partial charge in [-0.25, -0.2) is 4.79 Å². The second-order valence-corrected chi connectivity index (χ2v) is 4.89. The summed E-state index contributed by atoms with van der Waals surface area (Å²) in [5.74, 6) is -2.11. The number of nitrogens with zero attached hydrogens (tertiary/aromatic N) is 2. The first-order valence-corrected chi connectivity index (χ1v) is 6.32. The highest BCUT2D eigenvalue weighted by Crippen LogP contribution is 2.15. The monoisotopic (exact) mass is 280 g/mol. The molecule has 1 saturated heterocycles. The van der Waals surface area contributed by atoms with Crippen LogP contribution in [0.25, 0.3) is 0 Å². The average Bonchev–Trinajstić information content (AvgIpc) is 2.83. The van der Waals surface area contributed by atoms with Gasteiger partial charge in [-0.15, -0.1) is 0 Å². The second-order valence-electron chi connectivity index (χ2n) is 4.89. The lowest BCUT2D eigenvalue weighted by molar-refractivity contribution is -0.157.